The van der Waals surface area contributed by atoms with E-state index in [2.05, 4.69) is 0 Å². The van der Waals surface area contributed by atoms with Crippen LogP contribution in [-0.2, 0) is 10.0 Å². The minimum absolute atomic E-state index is 0.202. The van der Waals surface area contributed by atoms with Gasteiger partial charge in [0.1, 0.15) is 0 Å². The van der Waals surface area contributed by atoms with Crippen molar-refractivity contribution in [2.45, 2.75) is 18.7 Å². The molecule has 0 heterocycles. The number of primary sulfonamides is 1. The summed E-state index contributed by atoms with van der Waals surface area (Å²) in [4.78, 5) is 0.202. The fourth-order valence-corrected chi connectivity index (χ4v) is 1.88. The van der Waals surface area contributed by atoms with Crippen LogP contribution in [0.2, 0.25) is 0 Å². The normalized spacial score (nSPS) is 11.6. The van der Waals surface area contributed by atoms with Crippen molar-refractivity contribution in [2.75, 3.05) is 0 Å². The van der Waals surface area contributed by atoms with Gasteiger partial charge in [-0.05, 0) is 25.5 Å². The van der Waals surface area contributed by atoms with E-state index in [0.717, 1.165) is 5.56 Å². The molecule has 1 rings (SSSR count). The number of sulfonamides is 1. The van der Waals surface area contributed by atoms with Crippen molar-refractivity contribution in [3.63, 3.8) is 0 Å². The predicted octanol–water partition coefficient (Wildman–Crippen LogP) is 0.951. The lowest BCUT2D eigenvalue weighted by molar-refractivity contribution is 0.597. The summed E-state index contributed by atoms with van der Waals surface area (Å²) >= 11 is 0. The molecule has 0 amide bonds. The molecule has 3 nitrogen and oxygen atoms in total. The van der Waals surface area contributed by atoms with Crippen molar-refractivity contribution in [3.05, 3.63) is 29.3 Å². The first kappa shape index (κ1) is 9.22. The van der Waals surface area contributed by atoms with Crippen molar-refractivity contribution in [2.24, 2.45) is 5.14 Å². The molecule has 0 unspecified atom stereocenters. The highest BCUT2D eigenvalue weighted by Gasteiger charge is 2.09. The van der Waals surface area contributed by atoms with E-state index in [1.807, 2.05) is 6.92 Å². The van der Waals surface area contributed by atoms with Crippen LogP contribution >= 0.6 is 0 Å². The maximum absolute atomic E-state index is 10.9. The van der Waals surface area contributed by atoms with Crippen LogP contribution in [0.3, 0.4) is 0 Å². The summed E-state index contributed by atoms with van der Waals surface area (Å²) in [6.45, 7) is 3.63. The van der Waals surface area contributed by atoms with Gasteiger partial charge in [-0.3, -0.25) is 0 Å². The quantitative estimate of drug-likeness (QED) is 0.708. The Hall–Kier alpha value is -0.870. The summed E-state index contributed by atoms with van der Waals surface area (Å²) < 4.78 is 21.9. The number of aryl methyl sites for hydroxylation is 2. The molecule has 4 heteroatoms. The Labute approximate surface area is 72.3 Å². The third kappa shape index (κ3) is 1.84. The number of hydrogen-bond acceptors (Lipinski definition) is 2. The predicted molar refractivity (Wildman–Crippen MR) is 47.3 cm³/mol. The fraction of sp³-hybridized carbons (Fsp3) is 0.250. The molecule has 1 aromatic carbocycles. The molecule has 0 bridgehead atoms. The smallest absolute Gasteiger partial charge is 0.225 e. The second kappa shape index (κ2) is 2.88. The Morgan fingerprint density at radius 3 is 2.25 bits per heavy atom. The summed E-state index contributed by atoms with van der Waals surface area (Å²) in [7, 11) is -3.55. The third-order valence-electron chi connectivity index (χ3n) is 1.64. The van der Waals surface area contributed by atoms with E-state index in [1.165, 1.54) is 6.07 Å². The van der Waals surface area contributed by atoms with Crippen molar-refractivity contribution < 1.29 is 8.42 Å². The van der Waals surface area contributed by atoms with Crippen molar-refractivity contribution in [1.82, 2.24) is 0 Å². The van der Waals surface area contributed by atoms with E-state index in [9.17, 15) is 8.42 Å². The number of hydrogen-bond donors (Lipinski definition) is 1. The molecule has 66 valence electrons. The van der Waals surface area contributed by atoms with E-state index in [4.69, 9.17) is 5.14 Å². The van der Waals surface area contributed by atoms with Crippen LogP contribution in [0.15, 0.2) is 23.1 Å². The standard InChI is InChI=1S/C8H11NO2S/c1-6-3-4-8(7(2)5-6)12(9,10)11/h3-5H,1-2H3,(H2,9,10,11). The lowest BCUT2D eigenvalue weighted by atomic mass is 10.2. The van der Waals surface area contributed by atoms with E-state index >= 15 is 0 Å². The summed E-state index contributed by atoms with van der Waals surface area (Å²) in [6, 6.07) is 5.05. The van der Waals surface area contributed by atoms with Crippen LogP contribution in [0.5, 0.6) is 0 Å². The van der Waals surface area contributed by atoms with Crippen LogP contribution in [0.4, 0.5) is 0 Å². The van der Waals surface area contributed by atoms with Gasteiger partial charge in [-0.1, -0.05) is 17.7 Å². The first-order chi connectivity index (χ1) is 5.41. The van der Waals surface area contributed by atoms with Gasteiger partial charge < -0.3 is 0 Å². The molecule has 12 heavy (non-hydrogen) atoms. The third-order valence-corrected chi connectivity index (χ3v) is 2.71. The average Bonchev–Trinajstić information content (AvgIpc) is 1.83. The zero-order chi connectivity index (χ0) is 9.35. The molecule has 0 radical (unpaired) electrons. The van der Waals surface area contributed by atoms with Crippen LogP contribution in [0.1, 0.15) is 11.1 Å². The maximum Gasteiger partial charge on any atom is 0.238 e. The monoisotopic (exact) mass is 185 g/mol. The van der Waals surface area contributed by atoms with Crippen molar-refractivity contribution >= 4 is 10.0 Å². The lowest BCUT2D eigenvalue weighted by Gasteiger charge is -2.02. The molecule has 0 aromatic heterocycles. The average molecular weight is 185 g/mol. The summed E-state index contributed by atoms with van der Waals surface area (Å²) in [6.07, 6.45) is 0. The van der Waals surface area contributed by atoms with E-state index in [-0.39, 0.29) is 4.90 Å². The summed E-state index contributed by atoms with van der Waals surface area (Å²) in [5.41, 5.74) is 1.72. The molecular weight excluding hydrogens is 174 g/mol. The van der Waals surface area contributed by atoms with Gasteiger partial charge in [0.2, 0.25) is 10.0 Å². The van der Waals surface area contributed by atoms with Gasteiger partial charge in [0.15, 0.2) is 0 Å². The lowest BCUT2D eigenvalue weighted by Crippen LogP contribution is -2.13. The number of rotatable bonds is 1. The topological polar surface area (TPSA) is 60.2 Å². The van der Waals surface area contributed by atoms with Crippen LogP contribution in [-0.4, -0.2) is 8.42 Å². The number of benzene rings is 1. The molecule has 0 spiro atoms. The second-order valence-electron chi connectivity index (χ2n) is 2.81. The molecule has 0 aliphatic carbocycles. The van der Waals surface area contributed by atoms with E-state index in [0.29, 0.717) is 5.56 Å². The Kier molecular flexibility index (Phi) is 2.21. The van der Waals surface area contributed by atoms with Gasteiger partial charge in [-0.25, -0.2) is 13.6 Å². The van der Waals surface area contributed by atoms with Crippen LogP contribution in [0.25, 0.3) is 0 Å². The second-order valence-corrected chi connectivity index (χ2v) is 4.34. The molecule has 0 fully saturated rings. The minimum Gasteiger partial charge on any atom is -0.225 e. The summed E-state index contributed by atoms with van der Waals surface area (Å²) in [5.74, 6) is 0. The minimum atomic E-state index is -3.55. The molecule has 2 N–H and O–H groups in total. The van der Waals surface area contributed by atoms with Gasteiger partial charge in [0.25, 0.3) is 0 Å². The zero-order valence-corrected chi connectivity index (χ0v) is 7.85. The van der Waals surface area contributed by atoms with Gasteiger partial charge in [-0.2, -0.15) is 0 Å². The Morgan fingerprint density at radius 2 is 1.83 bits per heavy atom. The van der Waals surface area contributed by atoms with Crippen molar-refractivity contribution in [1.29, 1.82) is 0 Å². The van der Waals surface area contributed by atoms with Gasteiger partial charge in [0.05, 0.1) is 4.90 Å². The molecule has 0 atom stereocenters. The van der Waals surface area contributed by atoms with Gasteiger partial charge in [-0.15, -0.1) is 0 Å². The highest BCUT2D eigenvalue weighted by atomic mass is 32.2. The molecule has 0 aliphatic heterocycles. The highest BCUT2D eigenvalue weighted by Crippen LogP contribution is 2.14. The Balaban J connectivity index is 3.39. The van der Waals surface area contributed by atoms with Crippen LogP contribution in [0, 0.1) is 13.8 Å². The van der Waals surface area contributed by atoms with Crippen molar-refractivity contribution in [3.8, 4) is 0 Å². The first-order valence-corrected chi connectivity index (χ1v) is 5.06. The first-order valence-electron chi connectivity index (χ1n) is 3.51. The van der Waals surface area contributed by atoms with Crippen LogP contribution < -0.4 is 5.14 Å². The van der Waals surface area contributed by atoms with Gasteiger partial charge in [0, 0.05) is 0 Å². The molecule has 0 aliphatic rings. The highest BCUT2D eigenvalue weighted by molar-refractivity contribution is 7.89. The zero-order valence-electron chi connectivity index (χ0n) is 7.03. The Bertz CT molecular complexity index is 396. The molecule has 0 saturated carbocycles. The van der Waals surface area contributed by atoms with E-state index in [1.54, 1.807) is 19.1 Å². The number of nitrogens with two attached hydrogens (primary N) is 1. The SMILES string of the molecule is Cc1ccc(S(N)(=O)=O)c(C)c1. The van der Waals surface area contributed by atoms with Gasteiger partial charge >= 0.3 is 0 Å². The molecular formula is C8H11NO2S. The molecule has 0 saturated heterocycles. The fourth-order valence-electron chi connectivity index (χ4n) is 1.12. The largest absolute Gasteiger partial charge is 0.238 e. The van der Waals surface area contributed by atoms with E-state index < -0.39 is 10.0 Å². The molecule has 1 aromatic rings. The maximum atomic E-state index is 10.9. The Morgan fingerprint density at radius 1 is 1.25 bits per heavy atom. The summed E-state index contributed by atoms with van der Waals surface area (Å²) in [5, 5.41) is 4.98.